The number of carbonyl (C=O) groups is 2. The van der Waals surface area contributed by atoms with E-state index in [-0.39, 0.29) is 16.9 Å². The molecule has 4 aromatic carbocycles. The van der Waals surface area contributed by atoms with Crippen LogP contribution >= 0.6 is 0 Å². The summed E-state index contributed by atoms with van der Waals surface area (Å²) in [5, 5.41) is 3.21. The van der Waals surface area contributed by atoms with Crippen molar-refractivity contribution < 1.29 is 18.7 Å². The van der Waals surface area contributed by atoms with E-state index < -0.39 is 5.97 Å². The van der Waals surface area contributed by atoms with Gasteiger partial charge in [-0.05, 0) is 52.6 Å². The summed E-state index contributed by atoms with van der Waals surface area (Å²) in [7, 11) is 1.28. The minimum Gasteiger partial charge on any atom is -0.471 e. The zero-order chi connectivity index (χ0) is 26.1. The Balaban J connectivity index is 1.49. The third-order valence-electron chi connectivity index (χ3n) is 6.81. The van der Waals surface area contributed by atoms with E-state index in [9.17, 15) is 9.59 Å². The number of aromatic nitrogens is 1. The number of methoxy groups -OCH3 is 1. The standard InChI is InChI=1S/C33H23NO4/c1-37-33(36)29-20-38-19-28(29)32(35)26-14-16-31-25(27(26)17-21-7-3-2-4-8-21)13-15-30(34-31)24-12-11-22-9-5-6-10-23(22)18-24/h2-16,18-20H,17H2,1H3. The van der Waals surface area contributed by atoms with E-state index in [4.69, 9.17) is 14.1 Å². The minimum absolute atomic E-state index is 0.105. The second-order valence-electron chi connectivity index (χ2n) is 9.10. The second kappa shape index (κ2) is 9.79. The van der Waals surface area contributed by atoms with Gasteiger partial charge in [-0.2, -0.15) is 0 Å². The maximum atomic E-state index is 13.7. The quantitative estimate of drug-likeness (QED) is 0.179. The third-order valence-corrected chi connectivity index (χ3v) is 6.81. The first-order valence-corrected chi connectivity index (χ1v) is 12.3. The van der Waals surface area contributed by atoms with Crippen molar-refractivity contribution in [2.75, 3.05) is 7.11 Å². The molecule has 0 atom stereocenters. The zero-order valence-corrected chi connectivity index (χ0v) is 20.7. The van der Waals surface area contributed by atoms with Crippen LogP contribution in [0, 0.1) is 0 Å². The number of furan rings is 1. The predicted octanol–water partition coefficient (Wildman–Crippen LogP) is 7.26. The molecule has 0 aliphatic carbocycles. The average Bonchev–Trinajstić information content (AvgIpc) is 3.47. The van der Waals surface area contributed by atoms with Gasteiger partial charge in [-0.15, -0.1) is 0 Å². The first kappa shape index (κ1) is 23.4. The number of hydrogen-bond acceptors (Lipinski definition) is 5. The largest absolute Gasteiger partial charge is 0.471 e. The predicted molar refractivity (Wildman–Crippen MR) is 147 cm³/mol. The summed E-state index contributed by atoms with van der Waals surface area (Å²) in [5.41, 5.74) is 5.35. The van der Waals surface area contributed by atoms with E-state index in [0.29, 0.717) is 12.0 Å². The molecular formula is C33H23NO4. The van der Waals surface area contributed by atoms with Crippen LogP contribution in [0.2, 0.25) is 0 Å². The number of benzene rings is 4. The molecule has 0 aliphatic heterocycles. The van der Waals surface area contributed by atoms with Gasteiger partial charge < -0.3 is 9.15 Å². The van der Waals surface area contributed by atoms with E-state index in [2.05, 4.69) is 30.3 Å². The summed E-state index contributed by atoms with van der Waals surface area (Å²) in [4.78, 5) is 30.9. The molecule has 0 bridgehead atoms. The fraction of sp³-hybridized carbons (Fsp3) is 0.0606. The summed E-state index contributed by atoms with van der Waals surface area (Å²) in [6.07, 6.45) is 3.07. The molecule has 0 saturated carbocycles. The van der Waals surface area contributed by atoms with Gasteiger partial charge in [0, 0.05) is 16.5 Å². The molecule has 0 radical (unpaired) electrons. The lowest BCUT2D eigenvalue weighted by Gasteiger charge is -2.14. The molecule has 184 valence electrons. The molecule has 0 N–H and O–H groups in total. The van der Waals surface area contributed by atoms with Crippen molar-refractivity contribution in [1.29, 1.82) is 0 Å². The van der Waals surface area contributed by atoms with Crippen LogP contribution in [0.25, 0.3) is 32.9 Å². The number of carbonyl (C=O) groups excluding carboxylic acids is 2. The normalized spacial score (nSPS) is 11.1. The van der Waals surface area contributed by atoms with Crippen LogP contribution in [0.15, 0.2) is 114 Å². The Bertz CT molecular complexity index is 1820. The molecule has 0 spiro atoms. The van der Waals surface area contributed by atoms with Crippen molar-refractivity contribution >= 4 is 33.4 Å². The first-order chi connectivity index (χ1) is 18.6. The molecule has 0 aliphatic rings. The molecule has 0 fully saturated rings. The van der Waals surface area contributed by atoms with Crippen LogP contribution < -0.4 is 0 Å². The lowest BCUT2D eigenvalue weighted by molar-refractivity contribution is 0.0597. The lowest BCUT2D eigenvalue weighted by Crippen LogP contribution is -2.11. The molecular weight excluding hydrogens is 474 g/mol. The molecule has 2 aromatic heterocycles. The van der Waals surface area contributed by atoms with Crippen molar-refractivity contribution in [2.24, 2.45) is 0 Å². The molecule has 5 nitrogen and oxygen atoms in total. The van der Waals surface area contributed by atoms with E-state index in [0.717, 1.165) is 38.7 Å². The molecule has 2 heterocycles. The van der Waals surface area contributed by atoms with Crippen LogP contribution in [-0.4, -0.2) is 23.8 Å². The van der Waals surface area contributed by atoms with E-state index in [1.807, 2.05) is 60.7 Å². The highest BCUT2D eigenvalue weighted by atomic mass is 16.5. The van der Waals surface area contributed by atoms with Gasteiger partial charge in [-0.25, -0.2) is 9.78 Å². The maximum Gasteiger partial charge on any atom is 0.341 e. The van der Waals surface area contributed by atoms with Crippen molar-refractivity contribution in [3.8, 4) is 11.3 Å². The van der Waals surface area contributed by atoms with Gasteiger partial charge in [-0.3, -0.25) is 4.79 Å². The average molecular weight is 498 g/mol. The van der Waals surface area contributed by atoms with E-state index in [1.165, 1.54) is 25.0 Å². The van der Waals surface area contributed by atoms with Gasteiger partial charge in [0.2, 0.25) is 0 Å². The number of esters is 1. The van der Waals surface area contributed by atoms with Gasteiger partial charge in [0.1, 0.15) is 18.1 Å². The summed E-state index contributed by atoms with van der Waals surface area (Å²) < 4.78 is 10.1. The highest BCUT2D eigenvalue weighted by Gasteiger charge is 2.24. The number of pyridine rings is 1. The Morgan fingerprint density at radius 1 is 0.763 bits per heavy atom. The minimum atomic E-state index is -0.616. The summed E-state index contributed by atoms with van der Waals surface area (Å²) in [5.74, 6) is -0.917. The molecule has 38 heavy (non-hydrogen) atoms. The number of hydrogen-bond donors (Lipinski definition) is 0. The molecule has 0 amide bonds. The summed E-state index contributed by atoms with van der Waals surface area (Å²) >= 11 is 0. The van der Waals surface area contributed by atoms with Crippen LogP contribution in [0.1, 0.15) is 37.4 Å². The smallest absolute Gasteiger partial charge is 0.341 e. The van der Waals surface area contributed by atoms with E-state index >= 15 is 0 Å². The Labute approximate surface area is 219 Å². The fourth-order valence-corrected chi connectivity index (χ4v) is 4.86. The maximum absolute atomic E-state index is 13.7. The molecule has 6 aromatic rings. The van der Waals surface area contributed by atoms with E-state index in [1.54, 1.807) is 6.07 Å². The third kappa shape index (κ3) is 4.24. The van der Waals surface area contributed by atoms with Crippen LogP contribution in [-0.2, 0) is 11.2 Å². The van der Waals surface area contributed by atoms with Crippen molar-refractivity contribution in [3.05, 3.63) is 137 Å². The Morgan fingerprint density at radius 3 is 2.34 bits per heavy atom. The van der Waals surface area contributed by atoms with Crippen LogP contribution in [0.4, 0.5) is 0 Å². The van der Waals surface area contributed by atoms with Crippen molar-refractivity contribution in [3.63, 3.8) is 0 Å². The van der Waals surface area contributed by atoms with Crippen LogP contribution in [0.5, 0.6) is 0 Å². The van der Waals surface area contributed by atoms with Gasteiger partial charge in [-0.1, -0.05) is 72.8 Å². The molecule has 6 rings (SSSR count). The first-order valence-electron chi connectivity index (χ1n) is 12.3. The van der Waals surface area contributed by atoms with Gasteiger partial charge in [0.25, 0.3) is 0 Å². The van der Waals surface area contributed by atoms with Crippen molar-refractivity contribution in [2.45, 2.75) is 6.42 Å². The zero-order valence-electron chi connectivity index (χ0n) is 20.7. The molecule has 0 saturated heterocycles. The van der Waals surface area contributed by atoms with Gasteiger partial charge in [0.05, 0.1) is 23.9 Å². The highest BCUT2D eigenvalue weighted by Crippen LogP contribution is 2.30. The molecule has 0 unspecified atom stereocenters. The number of ketones is 1. The summed E-state index contributed by atoms with van der Waals surface area (Å²) in [6.45, 7) is 0. The Kier molecular flexibility index (Phi) is 6.02. The fourth-order valence-electron chi connectivity index (χ4n) is 4.86. The lowest BCUT2D eigenvalue weighted by atomic mass is 9.90. The Morgan fingerprint density at radius 2 is 1.53 bits per heavy atom. The van der Waals surface area contributed by atoms with Gasteiger partial charge in [0.15, 0.2) is 5.78 Å². The number of fused-ring (bicyclic) bond motifs is 2. The SMILES string of the molecule is COC(=O)c1cocc1C(=O)c1ccc2nc(-c3ccc4ccccc4c3)ccc2c1Cc1ccccc1. The number of ether oxygens (including phenoxy) is 1. The molecule has 5 heteroatoms. The summed E-state index contributed by atoms with van der Waals surface area (Å²) in [6, 6.07) is 32.2. The Hall–Kier alpha value is -5.03. The highest BCUT2D eigenvalue weighted by molar-refractivity contribution is 6.16. The van der Waals surface area contributed by atoms with Crippen molar-refractivity contribution in [1.82, 2.24) is 4.98 Å². The van der Waals surface area contributed by atoms with Crippen LogP contribution in [0.3, 0.4) is 0 Å². The number of rotatable bonds is 6. The topological polar surface area (TPSA) is 69.4 Å². The number of nitrogens with zero attached hydrogens (tertiary/aromatic N) is 1. The van der Waals surface area contributed by atoms with Gasteiger partial charge >= 0.3 is 5.97 Å². The monoisotopic (exact) mass is 497 g/mol. The second-order valence-corrected chi connectivity index (χ2v) is 9.10.